The van der Waals surface area contributed by atoms with E-state index in [2.05, 4.69) is 46.7 Å². The minimum atomic E-state index is 0.271. The zero-order valence-corrected chi connectivity index (χ0v) is 11.9. The highest BCUT2D eigenvalue weighted by Gasteiger charge is 2.25. The van der Waals surface area contributed by atoms with Crippen molar-refractivity contribution in [3.8, 4) is 0 Å². The third-order valence-electron chi connectivity index (χ3n) is 3.85. The third kappa shape index (κ3) is 2.75. The molecular weight excluding hydrogens is 250 g/mol. The van der Waals surface area contributed by atoms with Gasteiger partial charge in [-0.1, -0.05) is 31.2 Å². The Morgan fingerprint density at radius 3 is 3.10 bits per heavy atom. The maximum absolute atomic E-state index is 5.84. The number of nitrogens with one attached hydrogen (secondary N) is 1. The number of hydrogen-bond acceptors (Lipinski definition) is 4. The molecule has 20 heavy (non-hydrogen) atoms. The first-order valence-corrected chi connectivity index (χ1v) is 7.49. The summed E-state index contributed by atoms with van der Waals surface area (Å²) in [5.74, 6) is 1.73. The Morgan fingerprint density at radius 1 is 1.30 bits per heavy atom. The number of aryl methyl sites for hydroxylation is 1. The van der Waals surface area contributed by atoms with Gasteiger partial charge in [0.25, 0.3) is 0 Å². The van der Waals surface area contributed by atoms with Gasteiger partial charge in [-0.05, 0) is 43.4 Å². The molecule has 0 fully saturated rings. The van der Waals surface area contributed by atoms with Gasteiger partial charge in [0, 0.05) is 0 Å². The number of hydrogen-bond donors (Lipinski definition) is 1. The molecule has 1 atom stereocenters. The van der Waals surface area contributed by atoms with Crippen LogP contribution in [0.4, 0.5) is 0 Å². The van der Waals surface area contributed by atoms with Crippen molar-refractivity contribution in [3.05, 3.63) is 47.2 Å². The van der Waals surface area contributed by atoms with Crippen LogP contribution in [0.15, 0.2) is 28.7 Å². The van der Waals surface area contributed by atoms with Gasteiger partial charge >= 0.3 is 0 Å². The average Bonchev–Trinajstić information content (AvgIpc) is 2.96. The Labute approximate surface area is 119 Å². The summed E-state index contributed by atoms with van der Waals surface area (Å²) in [6.07, 6.45) is 4.55. The van der Waals surface area contributed by atoms with Crippen LogP contribution in [0.25, 0.3) is 0 Å². The number of rotatable bonds is 5. The van der Waals surface area contributed by atoms with E-state index >= 15 is 0 Å². The summed E-state index contributed by atoms with van der Waals surface area (Å²) in [4.78, 5) is 0. The molecule has 0 radical (unpaired) electrons. The van der Waals surface area contributed by atoms with Crippen LogP contribution in [-0.2, 0) is 13.0 Å². The van der Waals surface area contributed by atoms with Gasteiger partial charge in [0.15, 0.2) is 0 Å². The summed E-state index contributed by atoms with van der Waals surface area (Å²) in [5, 5.41) is 11.7. The summed E-state index contributed by atoms with van der Waals surface area (Å²) in [6, 6.07) is 8.60. The molecule has 1 aliphatic rings. The maximum atomic E-state index is 5.84. The fourth-order valence-corrected chi connectivity index (χ4v) is 2.86. The van der Waals surface area contributed by atoms with Crippen molar-refractivity contribution in [2.24, 2.45) is 0 Å². The molecule has 0 saturated heterocycles. The second-order valence-corrected chi connectivity index (χ2v) is 5.35. The van der Waals surface area contributed by atoms with E-state index in [-0.39, 0.29) is 5.92 Å². The van der Waals surface area contributed by atoms with Crippen LogP contribution < -0.4 is 5.32 Å². The molecule has 4 heteroatoms. The van der Waals surface area contributed by atoms with Gasteiger partial charge in [0.1, 0.15) is 0 Å². The highest BCUT2D eigenvalue weighted by Crippen LogP contribution is 2.35. The topological polar surface area (TPSA) is 51.0 Å². The van der Waals surface area contributed by atoms with E-state index in [4.69, 9.17) is 4.42 Å². The standard InChI is InChI=1S/C16H21N3O/c1-2-10-17-11-15-18-19-16(20-15)14-9-5-7-12-6-3-4-8-13(12)14/h3-4,6,8,14,17H,2,5,7,9-11H2,1H3. The SMILES string of the molecule is CCCNCc1nnc(C2CCCc3ccccc32)o1. The fraction of sp³-hybridized carbons (Fsp3) is 0.500. The van der Waals surface area contributed by atoms with Crippen LogP contribution >= 0.6 is 0 Å². The van der Waals surface area contributed by atoms with Crippen LogP contribution in [0, 0.1) is 0 Å². The van der Waals surface area contributed by atoms with Crippen molar-refractivity contribution in [2.75, 3.05) is 6.54 Å². The summed E-state index contributed by atoms with van der Waals surface area (Å²) in [5.41, 5.74) is 2.78. The van der Waals surface area contributed by atoms with Gasteiger partial charge in [-0.15, -0.1) is 10.2 Å². The van der Waals surface area contributed by atoms with Crippen LogP contribution in [-0.4, -0.2) is 16.7 Å². The molecule has 1 aliphatic carbocycles. The fourth-order valence-electron chi connectivity index (χ4n) is 2.86. The predicted molar refractivity (Wildman–Crippen MR) is 77.5 cm³/mol. The van der Waals surface area contributed by atoms with Crippen LogP contribution in [0.1, 0.15) is 55.0 Å². The van der Waals surface area contributed by atoms with Crippen molar-refractivity contribution >= 4 is 0 Å². The monoisotopic (exact) mass is 271 g/mol. The van der Waals surface area contributed by atoms with Crippen molar-refractivity contribution in [2.45, 2.75) is 45.1 Å². The molecule has 4 nitrogen and oxygen atoms in total. The highest BCUT2D eigenvalue weighted by atomic mass is 16.4. The van der Waals surface area contributed by atoms with E-state index in [0.717, 1.165) is 31.7 Å². The Balaban J connectivity index is 1.77. The van der Waals surface area contributed by atoms with E-state index < -0.39 is 0 Å². The first-order chi connectivity index (χ1) is 9.88. The molecule has 1 aromatic carbocycles. The van der Waals surface area contributed by atoms with Crippen LogP contribution in [0.2, 0.25) is 0 Å². The van der Waals surface area contributed by atoms with Crippen molar-refractivity contribution in [1.29, 1.82) is 0 Å². The second-order valence-electron chi connectivity index (χ2n) is 5.35. The zero-order chi connectivity index (χ0) is 13.8. The number of fused-ring (bicyclic) bond motifs is 1. The Bertz CT molecular complexity index is 564. The normalized spacial score (nSPS) is 17.9. The molecule has 0 bridgehead atoms. The number of benzene rings is 1. The average molecular weight is 271 g/mol. The van der Waals surface area contributed by atoms with Gasteiger partial charge in [-0.2, -0.15) is 0 Å². The lowest BCUT2D eigenvalue weighted by molar-refractivity contribution is 0.403. The summed E-state index contributed by atoms with van der Waals surface area (Å²) < 4.78 is 5.84. The smallest absolute Gasteiger partial charge is 0.230 e. The largest absolute Gasteiger partial charge is 0.423 e. The van der Waals surface area contributed by atoms with E-state index in [1.54, 1.807) is 0 Å². The quantitative estimate of drug-likeness (QED) is 0.849. The van der Waals surface area contributed by atoms with E-state index in [0.29, 0.717) is 12.4 Å². The molecule has 2 aromatic rings. The second kappa shape index (κ2) is 6.18. The molecule has 1 unspecified atom stereocenters. The molecular formula is C16H21N3O. The minimum Gasteiger partial charge on any atom is -0.423 e. The lowest BCUT2D eigenvalue weighted by Crippen LogP contribution is -2.14. The Hall–Kier alpha value is -1.68. The lowest BCUT2D eigenvalue weighted by atomic mass is 9.83. The molecule has 1 heterocycles. The zero-order valence-electron chi connectivity index (χ0n) is 11.9. The van der Waals surface area contributed by atoms with Gasteiger partial charge < -0.3 is 9.73 Å². The molecule has 1 N–H and O–H groups in total. The number of nitrogens with zero attached hydrogens (tertiary/aromatic N) is 2. The van der Waals surface area contributed by atoms with E-state index in [1.807, 2.05) is 0 Å². The van der Waals surface area contributed by atoms with Crippen LogP contribution in [0.3, 0.4) is 0 Å². The predicted octanol–water partition coefficient (Wildman–Crippen LogP) is 3.04. The molecule has 3 rings (SSSR count). The highest BCUT2D eigenvalue weighted by molar-refractivity contribution is 5.35. The summed E-state index contributed by atoms with van der Waals surface area (Å²) in [6.45, 7) is 3.78. The van der Waals surface area contributed by atoms with Crippen molar-refractivity contribution < 1.29 is 4.42 Å². The van der Waals surface area contributed by atoms with E-state index in [9.17, 15) is 0 Å². The Kier molecular flexibility index (Phi) is 4.11. The first kappa shape index (κ1) is 13.3. The van der Waals surface area contributed by atoms with Crippen molar-refractivity contribution in [1.82, 2.24) is 15.5 Å². The Morgan fingerprint density at radius 2 is 2.20 bits per heavy atom. The van der Waals surface area contributed by atoms with Crippen molar-refractivity contribution in [3.63, 3.8) is 0 Å². The minimum absolute atomic E-state index is 0.271. The van der Waals surface area contributed by atoms with Gasteiger partial charge in [0.05, 0.1) is 12.5 Å². The molecule has 0 saturated carbocycles. The van der Waals surface area contributed by atoms with E-state index in [1.165, 1.54) is 17.5 Å². The van der Waals surface area contributed by atoms with Gasteiger partial charge in [-0.3, -0.25) is 0 Å². The molecule has 1 aromatic heterocycles. The summed E-state index contributed by atoms with van der Waals surface area (Å²) >= 11 is 0. The molecule has 0 aliphatic heterocycles. The summed E-state index contributed by atoms with van der Waals surface area (Å²) in [7, 11) is 0. The first-order valence-electron chi connectivity index (χ1n) is 7.49. The lowest BCUT2D eigenvalue weighted by Gasteiger charge is -2.22. The molecule has 106 valence electrons. The van der Waals surface area contributed by atoms with Crippen LogP contribution in [0.5, 0.6) is 0 Å². The number of aromatic nitrogens is 2. The van der Waals surface area contributed by atoms with Gasteiger partial charge in [-0.25, -0.2) is 0 Å². The third-order valence-corrected chi connectivity index (χ3v) is 3.85. The molecule has 0 spiro atoms. The maximum Gasteiger partial charge on any atom is 0.230 e. The molecule has 0 amide bonds. The van der Waals surface area contributed by atoms with Gasteiger partial charge in [0.2, 0.25) is 11.8 Å².